The minimum atomic E-state index is -4.80. The van der Waals surface area contributed by atoms with Gasteiger partial charge in [-0.3, -0.25) is 4.79 Å². The average molecular weight is 271 g/mol. The van der Waals surface area contributed by atoms with E-state index in [0.29, 0.717) is 6.07 Å². The van der Waals surface area contributed by atoms with Gasteiger partial charge in [0.15, 0.2) is 0 Å². The summed E-state index contributed by atoms with van der Waals surface area (Å²) in [6, 6.07) is 2.57. The molecule has 4 nitrogen and oxygen atoms in total. The number of carboxylic acids is 1. The van der Waals surface area contributed by atoms with Crippen LogP contribution in [0.1, 0.15) is 27.9 Å². The Morgan fingerprint density at radius 3 is 2.42 bits per heavy atom. The molecule has 0 atom stereocenters. The quantitative estimate of drug-likeness (QED) is 0.802. The van der Waals surface area contributed by atoms with E-state index in [2.05, 4.69) is 11.8 Å². The highest BCUT2D eigenvalue weighted by atomic mass is 19.4. The fraction of sp³-hybridized carbons (Fsp3) is 0.167. The molecule has 0 spiro atoms. The SMILES string of the molecule is NC(=O)CC#Cc1ccc(C(=O)O)c(C(F)(F)F)c1. The molecular weight excluding hydrogens is 263 g/mol. The molecule has 0 saturated heterocycles. The van der Waals surface area contributed by atoms with Gasteiger partial charge in [-0.25, -0.2) is 4.79 Å². The lowest BCUT2D eigenvalue weighted by molar-refractivity contribution is -0.138. The second-order valence-electron chi connectivity index (χ2n) is 3.51. The molecule has 1 aromatic carbocycles. The Kier molecular flexibility index (Phi) is 4.17. The predicted molar refractivity (Wildman–Crippen MR) is 59.1 cm³/mol. The van der Waals surface area contributed by atoms with Gasteiger partial charge in [-0.15, -0.1) is 0 Å². The van der Waals surface area contributed by atoms with Gasteiger partial charge in [-0.1, -0.05) is 11.8 Å². The third kappa shape index (κ3) is 4.03. The number of hydrogen-bond acceptors (Lipinski definition) is 2. The second kappa shape index (κ2) is 5.44. The zero-order chi connectivity index (χ0) is 14.6. The van der Waals surface area contributed by atoms with Crippen LogP contribution in [-0.4, -0.2) is 17.0 Å². The highest BCUT2D eigenvalue weighted by Gasteiger charge is 2.35. The van der Waals surface area contributed by atoms with E-state index in [-0.39, 0.29) is 12.0 Å². The van der Waals surface area contributed by atoms with Crippen molar-refractivity contribution in [3.63, 3.8) is 0 Å². The van der Waals surface area contributed by atoms with Gasteiger partial charge in [0.1, 0.15) is 0 Å². The molecule has 0 bridgehead atoms. The normalized spacial score (nSPS) is 10.5. The molecule has 0 heterocycles. The Morgan fingerprint density at radius 1 is 1.32 bits per heavy atom. The van der Waals surface area contributed by atoms with E-state index in [4.69, 9.17) is 10.8 Å². The smallest absolute Gasteiger partial charge is 0.417 e. The zero-order valence-electron chi connectivity index (χ0n) is 9.41. The lowest BCUT2D eigenvalue weighted by atomic mass is 10.0. The van der Waals surface area contributed by atoms with E-state index in [1.54, 1.807) is 0 Å². The first-order valence-electron chi connectivity index (χ1n) is 4.93. The number of amides is 1. The second-order valence-corrected chi connectivity index (χ2v) is 3.51. The molecule has 0 saturated carbocycles. The summed E-state index contributed by atoms with van der Waals surface area (Å²) in [6.45, 7) is 0. The summed E-state index contributed by atoms with van der Waals surface area (Å²) in [6.07, 6.45) is -5.09. The van der Waals surface area contributed by atoms with Gasteiger partial charge >= 0.3 is 12.1 Å². The molecule has 3 N–H and O–H groups in total. The lowest BCUT2D eigenvalue weighted by Gasteiger charge is -2.10. The van der Waals surface area contributed by atoms with Crippen LogP contribution in [0.3, 0.4) is 0 Å². The summed E-state index contributed by atoms with van der Waals surface area (Å²) in [5.41, 5.74) is 2.64. The van der Waals surface area contributed by atoms with Crippen molar-refractivity contribution in [2.75, 3.05) is 0 Å². The number of alkyl halides is 3. The van der Waals surface area contributed by atoms with Crippen LogP contribution >= 0.6 is 0 Å². The van der Waals surface area contributed by atoms with E-state index in [1.807, 2.05) is 0 Å². The minimum Gasteiger partial charge on any atom is -0.478 e. The number of benzene rings is 1. The van der Waals surface area contributed by atoms with Crippen LogP contribution in [0.4, 0.5) is 13.2 Å². The van der Waals surface area contributed by atoms with Gasteiger partial charge in [0, 0.05) is 5.56 Å². The van der Waals surface area contributed by atoms with Crippen molar-refractivity contribution in [2.45, 2.75) is 12.6 Å². The Morgan fingerprint density at radius 2 is 1.95 bits per heavy atom. The van der Waals surface area contributed by atoms with Gasteiger partial charge in [0.05, 0.1) is 17.5 Å². The zero-order valence-corrected chi connectivity index (χ0v) is 9.41. The summed E-state index contributed by atoms with van der Waals surface area (Å²) >= 11 is 0. The lowest BCUT2D eigenvalue weighted by Crippen LogP contribution is -2.13. The highest BCUT2D eigenvalue weighted by molar-refractivity contribution is 5.89. The molecular formula is C12H8F3NO3. The fourth-order valence-corrected chi connectivity index (χ4v) is 1.28. The molecule has 100 valence electrons. The maximum Gasteiger partial charge on any atom is 0.417 e. The molecule has 0 aromatic heterocycles. The Balaban J connectivity index is 3.22. The van der Waals surface area contributed by atoms with Gasteiger partial charge in [-0.2, -0.15) is 13.2 Å². The van der Waals surface area contributed by atoms with Crippen LogP contribution in [0.15, 0.2) is 18.2 Å². The first-order valence-corrected chi connectivity index (χ1v) is 4.93. The topological polar surface area (TPSA) is 80.4 Å². The van der Waals surface area contributed by atoms with E-state index >= 15 is 0 Å². The molecule has 1 amide bonds. The summed E-state index contributed by atoms with van der Waals surface area (Å²) < 4.78 is 38.0. The Labute approximate surface area is 106 Å². The van der Waals surface area contributed by atoms with Crippen LogP contribution in [0.25, 0.3) is 0 Å². The van der Waals surface area contributed by atoms with Crippen LogP contribution in [0.2, 0.25) is 0 Å². The molecule has 0 aliphatic rings. The number of carboxylic acid groups (broad SMARTS) is 1. The third-order valence-corrected chi connectivity index (χ3v) is 2.05. The van der Waals surface area contributed by atoms with Crippen LogP contribution in [0, 0.1) is 11.8 Å². The van der Waals surface area contributed by atoms with Gasteiger partial charge in [-0.05, 0) is 18.2 Å². The van der Waals surface area contributed by atoms with Crippen LogP contribution in [0.5, 0.6) is 0 Å². The molecule has 0 aliphatic carbocycles. The monoisotopic (exact) mass is 271 g/mol. The number of carbonyl (C=O) groups excluding carboxylic acids is 1. The molecule has 0 radical (unpaired) electrons. The maximum absolute atomic E-state index is 12.7. The van der Waals surface area contributed by atoms with Gasteiger partial charge in [0.25, 0.3) is 0 Å². The van der Waals surface area contributed by atoms with E-state index in [9.17, 15) is 22.8 Å². The molecule has 7 heteroatoms. The summed E-state index contributed by atoms with van der Waals surface area (Å²) in [5.74, 6) is 2.22. The minimum absolute atomic E-state index is 0.0430. The third-order valence-electron chi connectivity index (χ3n) is 2.05. The van der Waals surface area contributed by atoms with Crippen LogP contribution in [-0.2, 0) is 11.0 Å². The molecule has 0 aliphatic heterocycles. The number of halogens is 3. The van der Waals surface area contributed by atoms with E-state index < -0.39 is 29.2 Å². The Hall–Kier alpha value is -2.49. The number of rotatable bonds is 2. The number of nitrogens with two attached hydrogens (primary N) is 1. The molecule has 19 heavy (non-hydrogen) atoms. The number of hydrogen-bond donors (Lipinski definition) is 2. The molecule has 1 aromatic rings. The van der Waals surface area contributed by atoms with E-state index in [1.165, 1.54) is 0 Å². The number of primary amides is 1. The van der Waals surface area contributed by atoms with Crippen molar-refractivity contribution in [1.82, 2.24) is 0 Å². The first-order chi connectivity index (χ1) is 8.71. The summed E-state index contributed by atoms with van der Waals surface area (Å²) in [4.78, 5) is 21.1. The standard InChI is InChI=1S/C12H8F3NO3/c13-12(14,15)9-6-7(2-1-3-10(16)17)4-5-8(9)11(18)19/h4-6H,3H2,(H2,16,17)(H,18,19). The molecule has 1 rings (SSSR count). The highest BCUT2D eigenvalue weighted by Crippen LogP contribution is 2.32. The van der Waals surface area contributed by atoms with Crippen molar-refractivity contribution in [2.24, 2.45) is 5.73 Å². The van der Waals surface area contributed by atoms with Crippen molar-refractivity contribution in [3.05, 3.63) is 34.9 Å². The number of carbonyl (C=O) groups is 2. The predicted octanol–water partition coefficient (Wildman–Crippen LogP) is 1.63. The fourth-order valence-electron chi connectivity index (χ4n) is 1.28. The first kappa shape index (κ1) is 14.6. The van der Waals surface area contributed by atoms with Crippen molar-refractivity contribution in [1.29, 1.82) is 0 Å². The summed E-state index contributed by atoms with van der Waals surface area (Å²) in [7, 11) is 0. The Bertz CT molecular complexity index is 582. The largest absolute Gasteiger partial charge is 0.478 e. The van der Waals surface area contributed by atoms with Crippen LogP contribution < -0.4 is 5.73 Å². The number of aromatic carboxylic acids is 1. The van der Waals surface area contributed by atoms with Gasteiger partial charge in [0.2, 0.25) is 5.91 Å². The molecule has 0 unspecified atom stereocenters. The van der Waals surface area contributed by atoms with Crippen molar-refractivity contribution >= 4 is 11.9 Å². The van der Waals surface area contributed by atoms with E-state index in [0.717, 1.165) is 12.1 Å². The van der Waals surface area contributed by atoms with Crippen molar-refractivity contribution in [3.8, 4) is 11.8 Å². The molecule has 0 fully saturated rings. The summed E-state index contributed by atoms with van der Waals surface area (Å²) in [5, 5.41) is 8.67. The van der Waals surface area contributed by atoms with Crippen molar-refractivity contribution < 1.29 is 27.9 Å². The maximum atomic E-state index is 12.7. The van der Waals surface area contributed by atoms with Gasteiger partial charge < -0.3 is 10.8 Å². The average Bonchev–Trinajstić information content (AvgIpc) is 2.27.